The van der Waals surface area contributed by atoms with Gasteiger partial charge >= 0.3 is 12.1 Å². The number of ether oxygens (including phenoxy) is 2. The lowest BCUT2D eigenvalue weighted by Crippen LogP contribution is -2.44. The lowest BCUT2D eigenvalue weighted by molar-refractivity contribution is -0.146. The van der Waals surface area contributed by atoms with E-state index in [1.165, 1.54) is 12.0 Å². The fourth-order valence-corrected chi connectivity index (χ4v) is 3.71. The molecular formula is C17H21NO5. The number of carbonyl (C=O) groups excluding carboxylic acids is 2. The second-order valence-corrected chi connectivity index (χ2v) is 6.13. The third kappa shape index (κ3) is 3.03. The SMILES string of the molecule is COC(=O)[C@@H]1[C@H]2CCC(O)[C@H]2CN1C(=O)OCc1ccccc1. The maximum absolute atomic E-state index is 12.4. The van der Waals surface area contributed by atoms with Gasteiger partial charge in [-0.25, -0.2) is 9.59 Å². The van der Waals surface area contributed by atoms with Gasteiger partial charge in [-0.05, 0) is 24.3 Å². The number of benzene rings is 1. The first kappa shape index (κ1) is 15.8. The zero-order chi connectivity index (χ0) is 16.4. The minimum atomic E-state index is -0.662. The monoisotopic (exact) mass is 319 g/mol. The average molecular weight is 319 g/mol. The number of methoxy groups -OCH3 is 1. The molecule has 1 saturated heterocycles. The minimum absolute atomic E-state index is 0.0540. The predicted octanol–water partition coefficient (Wildman–Crippen LogP) is 1.57. The van der Waals surface area contributed by atoms with E-state index in [1.54, 1.807) is 0 Å². The van der Waals surface area contributed by atoms with E-state index in [-0.39, 0.29) is 18.4 Å². The molecule has 1 aliphatic carbocycles. The van der Waals surface area contributed by atoms with Crippen LogP contribution in [0.5, 0.6) is 0 Å². The van der Waals surface area contributed by atoms with Crippen molar-refractivity contribution in [2.45, 2.75) is 31.6 Å². The molecule has 1 saturated carbocycles. The van der Waals surface area contributed by atoms with Crippen LogP contribution in [-0.4, -0.2) is 47.9 Å². The first-order chi connectivity index (χ1) is 11.1. The standard InChI is InChI=1S/C17H21NO5/c1-22-16(20)15-12-7-8-14(19)13(12)9-18(15)17(21)23-10-11-5-3-2-4-6-11/h2-6,12-15,19H,7-10H2,1H3/t12-,13-,14?,15-/m0/s1. The molecule has 1 heterocycles. The highest BCUT2D eigenvalue weighted by Gasteiger charge is 2.53. The summed E-state index contributed by atoms with van der Waals surface area (Å²) in [5.74, 6) is -0.576. The molecule has 6 nitrogen and oxygen atoms in total. The predicted molar refractivity (Wildman–Crippen MR) is 81.4 cm³/mol. The highest BCUT2D eigenvalue weighted by molar-refractivity contribution is 5.82. The fraction of sp³-hybridized carbons (Fsp3) is 0.529. The molecular weight excluding hydrogens is 298 g/mol. The zero-order valence-electron chi connectivity index (χ0n) is 13.1. The number of carbonyl (C=O) groups is 2. The van der Waals surface area contributed by atoms with Crippen LogP contribution in [0.1, 0.15) is 18.4 Å². The lowest BCUT2D eigenvalue weighted by Gasteiger charge is -2.25. The number of rotatable bonds is 3. The van der Waals surface area contributed by atoms with Crippen molar-refractivity contribution in [1.82, 2.24) is 4.90 Å². The van der Waals surface area contributed by atoms with Crippen LogP contribution >= 0.6 is 0 Å². The van der Waals surface area contributed by atoms with Gasteiger partial charge in [-0.1, -0.05) is 30.3 Å². The molecule has 1 unspecified atom stereocenters. The van der Waals surface area contributed by atoms with Gasteiger partial charge in [0, 0.05) is 12.5 Å². The Hall–Kier alpha value is -2.08. The Balaban J connectivity index is 1.69. The van der Waals surface area contributed by atoms with Crippen molar-refractivity contribution in [3.05, 3.63) is 35.9 Å². The third-order valence-corrected chi connectivity index (χ3v) is 4.87. The van der Waals surface area contributed by atoms with Crippen molar-refractivity contribution < 1.29 is 24.2 Å². The van der Waals surface area contributed by atoms with E-state index in [4.69, 9.17) is 9.47 Å². The molecule has 3 rings (SSSR count). The highest BCUT2D eigenvalue weighted by Crippen LogP contribution is 2.43. The molecule has 2 fully saturated rings. The first-order valence-electron chi connectivity index (χ1n) is 7.85. The van der Waals surface area contributed by atoms with Gasteiger partial charge in [-0.15, -0.1) is 0 Å². The molecule has 4 atom stereocenters. The zero-order valence-corrected chi connectivity index (χ0v) is 13.1. The van der Waals surface area contributed by atoms with Gasteiger partial charge in [0.1, 0.15) is 12.6 Å². The number of nitrogens with zero attached hydrogens (tertiary/aromatic N) is 1. The molecule has 1 aliphatic heterocycles. The van der Waals surface area contributed by atoms with Gasteiger partial charge in [-0.3, -0.25) is 4.90 Å². The molecule has 23 heavy (non-hydrogen) atoms. The Labute approximate surface area is 135 Å². The van der Waals surface area contributed by atoms with E-state index in [0.717, 1.165) is 5.56 Å². The third-order valence-electron chi connectivity index (χ3n) is 4.87. The van der Waals surface area contributed by atoms with Gasteiger partial charge in [0.2, 0.25) is 0 Å². The number of amides is 1. The van der Waals surface area contributed by atoms with E-state index in [9.17, 15) is 14.7 Å². The number of aliphatic hydroxyl groups is 1. The summed E-state index contributed by atoms with van der Waals surface area (Å²) >= 11 is 0. The molecule has 1 amide bonds. The number of aliphatic hydroxyl groups excluding tert-OH is 1. The molecule has 0 radical (unpaired) electrons. The maximum atomic E-state index is 12.4. The fourth-order valence-electron chi connectivity index (χ4n) is 3.71. The van der Waals surface area contributed by atoms with Gasteiger partial charge in [0.15, 0.2) is 0 Å². The van der Waals surface area contributed by atoms with E-state index < -0.39 is 24.2 Å². The molecule has 0 bridgehead atoms. The van der Waals surface area contributed by atoms with Crippen LogP contribution in [0.4, 0.5) is 4.79 Å². The van der Waals surface area contributed by atoms with Crippen LogP contribution in [0.2, 0.25) is 0 Å². The molecule has 1 aromatic carbocycles. The first-order valence-corrected chi connectivity index (χ1v) is 7.85. The van der Waals surface area contributed by atoms with Gasteiger partial charge in [0.05, 0.1) is 13.2 Å². The van der Waals surface area contributed by atoms with Crippen LogP contribution in [0.3, 0.4) is 0 Å². The highest BCUT2D eigenvalue weighted by atomic mass is 16.6. The van der Waals surface area contributed by atoms with Crippen molar-refractivity contribution in [3.8, 4) is 0 Å². The van der Waals surface area contributed by atoms with Gasteiger partial charge in [0.25, 0.3) is 0 Å². The summed E-state index contributed by atoms with van der Waals surface area (Å²) < 4.78 is 10.2. The second kappa shape index (κ2) is 6.58. The summed E-state index contributed by atoms with van der Waals surface area (Å²) in [5, 5.41) is 10.0. The van der Waals surface area contributed by atoms with Crippen LogP contribution in [0.25, 0.3) is 0 Å². The number of likely N-dealkylation sites (tertiary alicyclic amines) is 1. The lowest BCUT2D eigenvalue weighted by atomic mass is 9.93. The van der Waals surface area contributed by atoms with E-state index in [1.807, 2.05) is 30.3 Å². The molecule has 6 heteroatoms. The summed E-state index contributed by atoms with van der Waals surface area (Å²) in [4.78, 5) is 25.9. The van der Waals surface area contributed by atoms with E-state index in [0.29, 0.717) is 19.4 Å². The molecule has 1 N–H and O–H groups in total. The van der Waals surface area contributed by atoms with Gasteiger partial charge in [-0.2, -0.15) is 0 Å². The van der Waals surface area contributed by atoms with Gasteiger partial charge < -0.3 is 14.6 Å². The minimum Gasteiger partial charge on any atom is -0.467 e. The van der Waals surface area contributed by atoms with Crippen molar-refractivity contribution in [2.75, 3.05) is 13.7 Å². The largest absolute Gasteiger partial charge is 0.467 e. The Morgan fingerprint density at radius 1 is 1.22 bits per heavy atom. The second-order valence-electron chi connectivity index (χ2n) is 6.13. The molecule has 0 spiro atoms. The average Bonchev–Trinajstić information content (AvgIpc) is 3.13. The number of hydrogen-bond acceptors (Lipinski definition) is 5. The van der Waals surface area contributed by atoms with Crippen LogP contribution in [0, 0.1) is 11.8 Å². The number of esters is 1. The molecule has 2 aliphatic rings. The van der Waals surface area contributed by atoms with Crippen molar-refractivity contribution >= 4 is 12.1 Å². The van der Waals surface area contributed by atoms with Crippen LogP contribution in [-0.2, 0) is 20.9 Å². The van der Waals surface area contributed by atoms with Crippen molar-refractivity contribution in [2.24, 2.45) is 11.8 Å². The topological polar surface area (TPSA) is 76.1 Å². The molecule has 1 aromatic rings. The summed E-state index contributed by atoms with van der Waals surface area (Å²) in [7, 11) is 1.31. The Kier molecular flexibility index (Phi) is 4.52. The maximum Gasteiger partial charge on any atom is 0.410 e. The number of fused-ring (bicyclic) bond motifs is 1. The Morgan fingerprint density at radius 3 is 2.65 bits per heavy atom. The van der Waals surface area contributed by atoms with Crippen molar-refractivity contribution in [3.63, 3.8) is 0 Å². The summed E-state index contributed by atoms with van der Waals surface area (Å²) in [6.45, 7) is 0.487. The summed E-state index contributed by atoms with van der Waals surface area (Å²) in [6, 6.07) is 8.71. The summed E-state index contributed by atoms with van der Waals surface area (Å²) in [5.41, 5.74) is 0.884. The molecule has 0 aromatic heterocycles. The van der Waals surface area contributed by atoms with Crippen LogP contribution < -0.4 is 0 Å². The van der Waals surface area contributed by atoms with Crippen molar-refractivity contribution in [1.29, 1.82) is 0 Å². The quantitative estimate of drug-likeness (QED) is 0.856. The number of hydrogen-bond donors (Lipinski definition) is 1. The van der Waals surface area contributed by atoms with Crippen LogP contribution in [0.15, 0.2) is 30.3 Å². The summed E-state index contributed by atoms with van der Waals surface area (Å²) in [6.07, 6.45) is 0.369. The van der Waals surface area contributed by atoms with E-state index in [2.05, 4.69) is 0 Å². The smallest absolute Gasteiger partial charge is 0.410 e. The van der Waals surface area contributed by atoms with E-state index >= 15 is 0 Å². The Morgan fingerprint density at radius 2 is 1.96 bits per heavy atom. The normalized spacial score (nSPS) is 29.2. The Bertz CT molecular complexity index is 576. The molecule has 124 valence electrons.